The Morgan fingerprint density at radius 3 is 1.35 bits per heavy atom. The second kappa shape index (κ2) is 34.9. The van der Waals surface area contributed by atoms with Crippen LogP contribution >= 0.6 is 0 Å². The molecule has 15 rings (SSSR count). The fourth-order valence-electron chi connectivity index (χ4n) is 22.0. The number of fused-ring (bicyclic) bond motifs is 16. The van der Waals surface area contributed by atoms with Crippen LogP contribution in [0.5, 0.6) is 0 Å². The second-order valence-electron chi connectivity index (χ2n) is 38.9. The number of benzene rings is 2. The SMILES string of the molecule is C=C[C@@H]1O[C@@H]2C3=C(C)[C@@H](OC(=O)[C@H](O)[C@@H](NC(=O)OC(C)(C)C)c4ncccc4F)C[C@@](O)([C@@H](OC(=O)c4ccccc4)[C@H]4[C@@](C)(CC[C@H]5OC[C@]54OC(C)=O)[C@@H]2O1)C3(C)C.COC1CN(C[C@@H]2O[C@@H]3C4=C(C)[C@@H](OC(=O)[C@H](O)[C@@H](NC(=O)OC(C)(C)C)c5ncccc5F)C[C@@](O)([C@@H](OC(=O)c5ccccc5)[C@H]5[C@@](C)(CC[C@H]6OC[C@]65OC(C)=O)[C@@H]3O2)C4(C)C)C1. The van der Waals surface area contributed by atoms with Crippen LogP contribution < -0.4 is 10.6 Å². The Bertz CT molecular complexity index is 4940. The minimum absolute atomic E-state index is 0.0515. The van der Waals surface area contributed by atoms with Crippen LogP contribution in [0, 0.1) is 45.1 Å². The minimum Gasteiger partial charge on any atom is -0.456 e. The minimum atomic E-state index is -2.25. The lowest BCUT2D eigenvalue weighted by Gasteiger charge is -2.68. The number of aliphatic hydroxyl groups excluding tert-OH is 2. The molecule has 24 atom stereocenters. The first-order valence-corrected chi connectivity index (χ1v) is 43.1. The number of esters is 6. The molecule has 0 spiro atoms. The molecule has 2 aromatic heterocycles. The first-order valence-electron chi connectivity index (χ1n) is 43.1. The van der Waals surface area contributed by atoms with E-state index in [9.17, 15) is 58.8 Å². The molecule has 690 valence electrons. The number of hydrogen-bond donors (Lipinski definition) is 6. The van der Waals surface area contributed by atoms with Crippen LogP contribution in [0.2, 0.25) is 0 Å². The lowest BCUT2D eigenvalue weighted by atomic mass is 9.45. The number of amides is 2. The summed E-state index contributed by atoms with van der Waals surface area (Å²) in [5.74, 6) is -9.18. The molecule has 2 amide bonds. The summed E-state index contributed by atoms with van der Waals surface area (Å²) in [6, 6.07) is 17.7. The molecule has 2 aromatic carbocycles. The third-order valence-electron chi connectivity index (χ3n) is 28.1. The van der Waals surface area contributed by atoms with Crippen LogP contribution in [-0.2, 0) is 90.2 Å². The molecule has 6 aliphatic carbocycles. The summed E-state index contributed by atoms with van der Waals surface area (Å²) in [4.78, 5) is 120. The molecular formula is C93H117F2N5O27. The van der Waals surface area contributed by atoms with Gasteiger partial charge in [-0.2, -0.15) is 0 Å². The Kier molecular flexibility index (Phi) is 25.8. The van der Waals surface area contributed by atoms with Crippen molar-refractivity contribution in [2.24, 2.45) is 33.5 Å². The number of ether oxygens (including phenoxy) is 15. The highest BCUT2D eigenvalue weighted by atomic mass is 19.1. The van der Waals surface area contributed by atoms with E-state index in [1.807, 2.05) is 13.8 Å². The first-order chi connectivity index (χ1) is 59.6. The number of rotatable bonds is 20. The standard InChI is InChI=1S/C48H62FN3O14.C45H55FN2O13/c1-25-30(61-42(56)36(54)35(34-29(49)16-13-19-50-34)51-43(57)66-44(3,4)5)20-48(58)40(64-41(55)27-14-11-10-12-15-27)38-46(8,18-17-31-47(38,24-60-31)65-26(2)53)39-37(33(25)45(48,6)7)62-32(63-39)23-52-21-28(22-52)59-9;1-10-29-57-34-30-23(2)27(56-39(52)33(50)32(31-26(46)17-14-20-47-31)48-40(53)61-41(4,5)6)21-45(54,42(30,7)8)37(59-38(51)25-15-12-11-13-16-25)35-43(9,36(34)58-29)19-18-28-44(35,22-55-28)60-24(3)49/h10-16,19,28,30-32,35-40,54,58H,17-18,20-24H2,1-9H3,(H,51,57);10-17,20,27-29,32-37,50,54H,1,18-19,21-22H2,2-9H3,(H,48,53)/t30-,31+,32+,35-,36+,37+,38-,39+,40-,46+,47-,48+;27-,28+,29+,32-,33+,34+,35-,36+,37-,43+,44-,45+/m00/s1. The molecule has 4 bridgehead atoms. The fraction of sp³-hybridized carbons (Fsp3) is 0.613. The number of carbonyl (C=O) groups excluding carboxylic acids is 8. The lowest BCUT2D eigenvalue weighted by Crippen LogP contribution is -2.79. The van der Waals surface area contributed by atoms with Gasteiger partial charge in [-0.3, -0.25) is 24.5 Å². The number of likely N-dealkylation sites (tertiary alicyclic amines) is 1. The van der Waals surface area contributed by atoms with E-state index >= 15 is 8.78 Å². The van der Waals surface area contributed by atoms with Crippen molar-refractivity contribution in [3.8, 4) is 0 Å². The predicted octanol–water partition coefficient (Wildman–Crippen LogP) is 9.52. The van der Waals surface area contributed by atoms with Crippen LogP contribution in [0.3, 0.4) is 0 Å². The zero-order chi connectivity index (χ0) is 92.2. The number of halogens is 2. The third-order valence-corrected chi connectivity index (χ3v) is 28.1. The largest absolute Gasteiger partial charge is 0.456 e. The van der Waals surface area contributed by atoms with Crippen LogP contribution in [0.1, 0.15) is 193 Å². The fourth-order valence-corrected chi connectivity index (χ4v) is 22.0. The van der Waals surface area contributed by atoms with Gasteiger partial charge in [-0.1, -0.05) is 84.5 Å². The summed E-state index contributed by atoms with van der Waals surface area (Å²) in [6.45, 7) is 32.2. The molecule has 11 aliphatic rings. The van der Waals surface area contributed by atoms with E-state index in [0.29, 0.717) is 67.6 Å². The van der Waals surface area contributed by atoms with Gasteiger partial charge in [0.25, 0.3) is 0 Å². The summed E-state index contributed by atoms with van der Waals surface area (Å²) < 4.78 is 125. The number of methoxy groups -OCH3 is 1. The zero-order valence-corrected chi connectivity index (χ0v) is 74.5. The highest BCUT2D eigenvalue weighted by molar-refractivity contribution is 5.90. The van der Waals surface area contributed by atoms with Gasteiger partial charge in [0.1, 0.15) is 106 Å². The smallest absolute Gasteiger partial charge is 0.408 e. The maximum absolute atomic E-state index is 15.4. The summed E-state index contributed by atoms with van der Waals surface area (Å²) >= 11 is 0. The van der Waals surface area contributed by atoms with Crippen molar-refractivity contribution >= 4 is 48.0 Å². The predicted molar refractivity (Wildman–Crippen MR) is 442 cm³/mol. The third kappa shape index (κ3) is 17.0. The average molecular weight is 1770 g/mol. The molecule has 6 N–H and O–H groups in total. The van der Waals surface area contributed by atoms with Gasteiger partial charge in [0.2, 0.25) is 0 Å². The van der Waals surface area contributed by atoms with Gasteiger partial charge in [-0.25, -0.2) is 37.5 Å². The van der Waals surface area contributed by atoms with E-state index in [-0.39, 0.29) is 30.4 Å². The zero-order valence-electron chi connectivity index (χ0n) is 74.5. The van der Waals surface area contributed by atoms with Crippen LogP contribution in [0.25, 0.3) is 0 Å². The maximum atomic E-state index is 15.4. The Morgan fingerprint density at radius 1 is 0.583 bits per heavy atom. The summed E-state index contributed by atoms with van der Waals surface area (Å²) in [5, 5.41) is 55.9. The highest BCUT2D eigenvalue weighted by Gasteiger charge is 2.80. The molecule has 5 aliphatic heterocycles. The van der Waals surface area contributed by atoms with E-state index in [4.69, 9.17) is 71.1 Å². The summed E-state index contributed by atoms with van der Waals surface area (Å²) in [6.07, 6.45) is -13.7. The Hall–Kier alpha value is -9.30. The Labute approximate surface area is 735 Å². The number of aromatic nitrogens is 2. The molecule has 7 heterocycles. The van der Waals surface area contributed by atoms with Crippen molar-refractivity contribution in [3.63, 3.8) is 0 Å². The molecule has 5 saturated heterocycles. The van der Waals surface area contributed by atoms with Gasteiger partial charge < -0.3 is 102 Å². The van der Waals surface area contributed by atoms with Crippen LogP contribution in [0.4, 0.5) is 18.4 Å². The molecule has 32 nitrogen and oxygen atoms in total. The van der Waals surface area contributed by atoms with Gasteiger partial charge in [-0.15, -0.1) is 0 Å². The van der Waals surface area contributed by atoms with Gasteiger partial charge >= 0.3 is 48.0 Å². The summed E-state index contributed by atoms with van der Waals surface area (Å²) in [5.41, 5.74) is -12.5. The molecule has 4 saturated carbocycles. The van der Waals surface area contributed by atoms with Crippen LogP contribution in [-0.4, -0.2) is 249 Å². The normalized spacial score (nSPS) is 34.6. The van der Waals surface area contributed by atoms with Crippen molar-refractivity contribution in [2.75, 3.05) is 40.0 Å². The number of pyridine rings is 2. The molecular weight excluding hydrogens is 1660 g/mol. The van der Waals surface area contributed by atoms with E-state index in [2.05, 4.69) is 32.1 Å². The molecule has 0 radical (unpaired) electrons. The monoisotopic (exact) mass is 1770 g/mol. The van der Waals surface area contributed by atoms with Gasteiger partial charge in [0.15, 0.2) is 36.0 Å². The number of aliphatic hydroxyl groups is 4. The van der Waals surface area contributed by atoms with Crippen molar-refractivity contribution in [2.45, 2.75) is 287 Å². The van der Waals surface area contributed by atoms with Gasteiger partial charge in [0, 0.05) is 87.5 Å². The van der Waals surface area contributed by atoms with E-state index < -0.39 is 249 Å². The van der Waals surface area contributed by atoms with Gasteiger partial charge in [-0.05, 0) is 158 Å². The van der Waals surface area contributed by atoms with Crippen molar-refractivity contribution < 1.29 is 139 Å². The molecule has 127 heavy (non-hydrogen) atoms. The number of hydrogen-bond acceptors (Lipinski definition) is 30. The van der Waals surface area contributed by atoms with E-state index in [0.717, 1.165) is 12.1 Å². The number of carbonyl (C=O) groups is 8. The van der Waals surface area contributed by atoms with E-state index in [1.165, 1.54) is 44.4 Å². The van der Waals surface area contributed by atoms with Crippen LogP contribution in [0.15, 0.2) is 132 Å². The topological polar surface area (TPSA) is 409 Å². The van der Waals surface area contributed by atoms with E-state index in [1.54, 1.807) is 151 Å². The van der Waals surface area contributed by atoms with Crippen molar-refractivity contribution in [1.82, 2.24) is 25.5 Å². The summed E-state index contributed by atoms with van der Waals surface area (Å²) in [7, 11) is 1.66. The van der Waals surface area contributed by atoms with Crippen molar-refractivity contribution in [3.05, 3.63) is 166 Å². The number of nitrogens with zero attached hydrogens (tertiary/aromatic N) is 3. The van der Waals surface area contributed by atoms with Crippen molar-refractivity contribution in [1.29, 1.82) is 0 Å². The second-order valence-corrected chi connectivity index (χ2v) is 38.9. The average Bonchev–Trinajstić information content (AvgIpc) is 1.64. The molecule has 4 aromatic rings. The maximum Gasteiger partial charge on any atom is 0.408 e. The molecule has 34 heteroatoms. The molecule has 9 fully saturated rings. The highest BCUT2D eigenvalue weighted by Crippen LogP contribution is 2.70. The number of nitrogens with one attached hydrogen (secondary N) is 2. The first kappa shape index (κ1) is 93.8. The Morgan fingerprint density at radius 2 is 0.984 bits per heavy atom. The van der Waals surface area contributed by atoms with Gasteiger partial charge in [0.05, 0.1) is 54.5 Å². The lowest BCUT2D eigenvalue weighted by molar-refractivity contribution is -0.345. The number of alkyl carbamates (subject to hydrolysis) is 2. The Balaban J connectivity index is 0.000000206. The molecule has 0 unspecified atom stereocenters. The quantitative estimate of drug-likeness (QED) is 0.0272.